The van der Waals surface area contributed by atoms with Crippen LogP contribution in [0, 0.1) is 12.7 Å². The van der Waals surface area contributed by atoms with E-state index in [-0.39, 0.29) is 16.5 Å². The lowest BCUT2D eigenvalue weighted by Crippen LogP contribution is -2.09. The first-order chi connectivity index (χ1) is 12.3. The summed E-state index contributed by atoms with van der Waals surface area (Å²) in [6.45, 7) is 1.91. The Morgan fingerprint density at radius 3 is 2.35 bits per heavy atom. The monoisotopic (exact) mass is 391 g/mol. The lowest BCUT2D eigenvalue weighted by Gasteiger charge is -2.06. The van der Waals surface area contributed by atoms with E-state index in [2.05, 4.69) is 10.2 Å². The van der Waals surface area contributed by atoms with Crippen molar-refractivity contribution in [3.05, 3.63) is 71.3 Å². The molecule has 8 heteroatoms. The summed E-state index contributed by atoms with van der Waals surface area (Å²) in [5, 5.41) is 8.72. The van der Waals surface area contributed by atoms with E-state index in [1.807, 2.05) is 6.92 Å². The summed E-state index contributed by atoms with van der Waals surface area (Å²) in [5.41, 5.74) is 1.95. The summed E-state index contributed by atoms with van der Waals surface area (Å²) in [4.78, 5) is 0.270. The predicted molar refractivity (Wildman–Crippen MR) is 99.0 cm³/mol. The zero-order valence-corrected chi connectivity index (χ0v) is 16.0. The highest BCUT2D eigenvalue weighted by atomic mass is 32.2. The quantitative estimate of drug-likeness (QED) is 0.602. The molecule has 0 spiro atoms. The normalized spacial score (nSPS) is 11.7. The van der Waals surface area contributed by atoms with Crippen molar-refractivity contribution >= 4 is 21.6 Å². The lowest BCUT2D eigenvalue weighted by atomic mass is 10.2. The van der Waals surface area contributed by atoms with Crippen LogP contribution >= 0.6 is 11.8 Å². The van der Waals surface area contributed by atoms with Gasteiger partial charge in [0.05, 0.1) is 4.90 Å². The molecule has 5 nitrogen and oxygen atoms in total. The van der Waals surface area contributed by atoms with E-state index in [9.17, 15) is 12.8 Å². The number of thioether (sulfide) groups is 1. The Morgan fingerprint density at radius 2 is 1.69 bits per heavy atom. The van der Waals surface area contributed by atoms with E-state index in [4.69, 9.17) is 0 Å². The van der Waals surface area contributed by atoms with Gasteiger partial charge in [0.2, 0.25) is 0 Å². The molecule has 0 aliphatic heterocycles. The SMILES string of the molecule is Cc1ccc(S(=O)(=O)Cc2nnc(SCc3ccc(F)cc3)n2C)cc1. The van der Waals surface area contributed by atoms with Gasteiger partial charge in [-0.2, -0.15) is 0 Å². The highest BCUT2D eigenvalue weighted by Crippen LogP contribution is 2.23. The summed E-state index contributed by atoms with van der Waals surface area (Å²) in [7, 11) is -1.74. The average Bonchev–Trinajstić information content (AvgIpc) is 2.94. The molecule has 0 aliphatic rings. The van der Waals surface area contributed by atoms with Crippen LogP contribution in [-0.4, -0.2) is 23.2 Å². The van der Waals surface area contributed by atoms with Crippen molar-refractivity contribution in [2.24, 2.45) is 7.05 Å². The van der Waals surface area contributed by atoms with Gasteiger partial charge in [-0.15, -0.1) is 10.2 Å². The van der Waals surface area contributed by atoms with Gasteiger partial charge in [-0.3, -0.25) is 0 Å². The maximum atomic E-state index is 12.9. The Bertz CT molecular complexity index is 998. The summed E-state index contributed by atoms with van der Waals surface area (Å²) >= 11 is 1.42. The number of sulfone groups is 1. The van der Waals surface area contributed by atoms with Crippen LogP contribution in [0.1, 0.15) is 17.0 Å². The fraction of sp³-hybridized carbons (Fsp3) is 0.222. The van der Waals surface area contributed by atoms with Crippen molar-refractivity contribution in [3.63, 3.8) is 0 Å². The first kappa shape index (κ1) is 18.6. The predicted octanol–water partition coefficient (Wildman–Crippen LogP) is 3.53. The maximum absolute atomic E-state index is 12.9. The van der Waals surface area contributed by atoms with Crippen molar-refractivity contribution in [1.29, 1.82) is 0 Å². The van der Waals surface area contributed by atoms with Crippen molar-refractivity contribution in [1.82, 2.24) is 14.8 Å². The van der Waals surface area contributed by atoms with E-state index >= 15 is 0 Å². The van der Waals surface area contributed by atoms with E-state index in [0.717, 1.165) is 11.1 Å². The summed E-state index contributed by atoms with van der Waals surface area (Å²) in [5.74, 6) is 0.487. The molecule has 3 rings (SSSR count). The van der Waals surface area contributed by atoms with Crippen molar-refractivity contribution in [3.8, 4) is 0 Å². The molecule has 26 heavy (non-hydrogen) atoms. The molecule has 0 unspecified atom stereocenters. The van der Waals surface area contributed by atoms with Crippen molar-refractivity contribution in [2.45, 2.75) is 28.5 Å². The van der Waals surface area contributed by atoms with Crippen LogP contribution < -0.4 is 0 Å². The number of hydrogen-bond donors (Lipinski definition) is 0. The molecule has 0 aliphatic carbocycles. The molecule has 0 radical (unpaired) electrons. The molecule has 0 amide bonds. The molecule has 0 saturated carbocycles. The van der Waals surface area contributed by atoms with Gasteiger partial charge < -0.3 is 4.57 Å². The Kier molecular flexibility index (Phi) is 5.43. The third-order valence-corrected chi connectivity index (χ3v) is 6.63. The Hall–Kier alpha value is -2.19. The van der Waals surface area contributed by atoms with Gasteiger partial charge in [0.1, 0.15) is 17.4 Å². The molecule has 0 saturated heterocycles. The average molecular weight is 391 g/mol. The molecule has 2 aromatic carbocycles. The number of halogens is 1. The Labute approximate surface area is 156 Å². The number of rotatable bonds is 6. The number of aryl methyl sites for hydroxylation is 1. The number of benzene rings is 2. The van der Waals surface area contributed by atoms with E-state index < -0.39 is 9.84 Å². The van der Waals surface area contributed by atoms with Crippen LogP contribution in [0.25, 0.3) is 0 Å². The smallest absolute Gasteiger partial charge is 0.191 e. The van der Waals surface area contributed by atoms with Gasteiger partial charge in [-0.1, -0.05) is 41.6 Å². The number of nitrogens with zero attached hydrogens (tertiary/aromatic N) is 3. The van der Waals surface area contributed by atoms with Crippen LogP contribution in [0.15, 0.2) is 58.6 Å². The maximum Gasteiger partial charge on any atom is 0.191 e. The van der Waals surface area contributed by atoms with Crippen LogP contribution in [0.3, 0.4) is 0 Å². The van der Waals surface area contributed by atoms with Gasteiger partial charge in [0.25, 0.3) is 0 Å². The molecule has 0 fully saturated rings. The largest absolute Gasteiger partial charge is 0.308 e. The molecule has 136 valence electrons. The molecular formula is C18H18FN3O2S2. The summed E-state index contributed by atoms with van der Waals surface area (Å²) in [6, 6.07) is 13.0. The second-order valence-electron chi connectivity index (χ2n) is 5.95. The number of aromatic nitrogens is 3. The van der Waals surface area contributed by atoms with Gasteiger partial charge in [0, 0.05) is 12.8 Å². The third-order valence-electron chi connectivity index (χ3n) is 3.91. The molecule has 3 aromatic rings. The fourth-order valence-corrected chi connectivity index (χ4v) is 4.52. The van der Waals surface area contributed by atoms with E-state index in [1.54, 1.807) is 48.0 Å². The summed E-state index contributed by atoms with van der Waals surface area (Å²) < 4.78 is 39.8. The molecule has 0 bridgehead atoms. The van der Waals surface area contributed by atoms with Gasteiger partial charge >= 0.3 is 0 Å². The zero-order valence-electron chi connectivity index (χ0n) is 14.4. The molecule has 0 atom stereocenters. The molecule has 1 heterocycles. The zero-order chi connectivity index (χ0) is 18.7. The van der Waals surface area contributed by atoms with Gasteiger partial charge in [-0.25, -0.2) is 12.8 Å². The van der Waals surface area contributed by atoms with Gasteiger partial charge in [-0.05, 0) is 36.8 Å². The lowest BCUT2D eigenvalue weighted by molar-refractivity contribution is 0.591. The highest BCUT2D eigenvalue weighted by molar-refractivity contribution is 7.98. The third kappa shape index (κ3) is 4.31. The topological polar surface area (TPSA) is 64.8 Å². The fourth-order valence-electron chi connectivity index (χ4n) is 2.32. The van der Waals surface area contributed by atoms with Gasteiger partial charge in [0.15, 0.2) is 15.0 Å². The van der Waals surface area contributed by atoms with E-state index in [1.165, 1.54) is 23.9 Å². The Morgan fingerprint density at radius 1 is 1.04 bits per heavy atom. The second-order valence-corrected chi connectivity index (χ2v) is 8.88. The van der Waals surface area contributed by atoms with E-state index in [0.29, 0.717) is 16.7 Å². The highest BCUT2D eigenvalue weighted by Gasteiger charge is 2.20. The van der Waals surface area contributed by atoms with Crippen LogP contribution in [-0.2, 0) is 28.4 Å². The first-order valence-corrected chi connectivity index (χ1v) is 10.5. The minimum atomic E-state index is -3.49. The second kappa shape index (κ2) is 7.59. The molecule has 1 aromatic heterocycles. The first-order valence-electron chi connectivity index (χ1n) is 7.90. The van der Waals surface area contributed by atoms with Crippen LogP contribution in [0.4, 0.5) is 4.39 Å². The van der Waals surface area contributed by atoms with Crippen molar-refractivity contribution < 1.29 is 12.8 Å². The van der Waals surface area contributed by atoms with Crippen LogP contribution in [0.5, 0.6) is 0 Å². The Balaban J connectivity index is 1.72. The minimum Gasteiger partial charge on any atom is -0.308 e. The number of hydrogen-bond acceptors (Lipinski definition) is 5. The molecule has 0 N–H and O–H groups in total. The molecular weight excluding hydrogens is 373 g/mol. The summed E-state index contributed by atoms with van der Waals surface area (Å²) in [6.07, 6.45) is 0. The minimum absolute atomic E-state index is 0.212. The standard InChI is InChI=1S/C18H18FN3O2S2/c1-13-3-9-16(10-4-13)26(23,24)12-17-20-21-18(22(17)2)25-11-14-5-7-15(19)8-6-14/h3-10H,11-12H2,1-2H3. The van der Waals surface area contributed by atoms with Crippen LogP contribution in [0.2, 0.25) is 0 Å². The van der Waals surface area contributed by atoms with Crippen molar-refractivity contribution in [2.75, 3.05) is 0 Å².